The van der Waals surface area contributed by atoms with E-state index in [1.165, 1.54) is 11.3 Å². The second-order valence-electron chi connectivity index (χ2n) is 4.85. The fourth-order valence-corrected chi connectivity index (χ4v) is 4.53. The number of thiophene rings is 1. The third kappa shape index (κ3) is 3.46. The fraction of sp³-hybridized carbons (Fsp3) is 0.214. The number of hydrogen-bond donors (Lipinski definition) is 1. The minimum absolute atomic E-state index is 0.183. The third-order valence-corrected chi connectivity index (χ3v) is 5.80. The first-order valence-corrected chi connectivity index (χ1v) is 9.05. The molecule has 0 bridgehead atoms. The Morgan fingerprint density at radius 2 is 2.17 bits per heavy atom. The molecule has 0 aliphatic heterocycles. The molecule has 3 rings (SSSR count). The van der Waals surface area contributed by atoms with Crippen molar-refractivity contribution in [3.63, 3.8) is 0 Å². The van der Waals surface area contributed by atoms with Crippen LogP contribution in [0.5, 0.6) is 0 Å². The molecule has 0 aliphatic carbocycles. The molecule has 23 heavy (non-hydrogen) atoms. The number of aromatic nitrogens is 3. The van der Waals surface area contributed by atoms with Gasteiger partial charge in [0.25, 0.3) is 0 Å². The Morgan fingerprint density at radius 1 is 1.35 bits per heavy atom. The molecule has 0 fully saturated rings. The van der Waals surface area contributed by atoms with Crippen molar-refractivity contribution in [2.45, 2.75) is 25.3 Å². The van der Waals surface area contributed by atoms with E-state index in [0.717, 1.165) is 5.56 Å². The topological polar surface area (TPSA) is 98.0 Å². The molecule has 0 unspecified atom stereocenters. The highest BCUT2D eigenvalue weighted by Crippen LogP contribution is 2.31. The molecule has 3 aromatic heterocycles. The summed E-state index contributed by atoms with van der Waals surface area (Å²) < 4.78 is 32.5. The van der Waals surface area contributed by atoms with Gasteiger partial charge >= 0.3 is 0 Å². The van der Waals surface area contributed by atoms with E-state index in [1.807, 2.05) is 6.07 Å². The molecule has 0 saturated heterocycles. The molecular formula is C14H14N4O3S2. The maximum absolute atomic E-state index is 12.5. The van der Waals surface area contributed by atoms with Crippen LogP contribution in [0.3, 0.4) is 0 Å². The summed E-state index contributed by atoms with van der Waals surface area (Å²) in [6.07, 6.45) is 3.26. The van der Waals surface area contributed by atoms with E-state index in [1.54, 1.807) is 38.4 Å². The number of nitrogens with zero attached hydrogens (tertiary/aromatic N) is 3. The van der Waals surface area contributed by atoms with E-state index < -0.39 is 10.0 Å². The molecule has 0 saturated carbocycles. The second-order valence-corrected chi connectivity index (χ2v) is 7.85. The van der Waals surface area contributed by atoms with Crippen LogP contribution in [0.2, 0.25) is 0 Å². The Labute approximate surface area is 137 Å². The van der Waals surface area contributed by atoms with Crippen LogP contribution in [0, 0.1) is 13.8 Å². The fourth-order valence-electron chi connectivity index (χ4n) is 2.00. The molecule has 9 heteroatoms. The first-order chi connectivity index (χ1) is 11.0. The van der Waals surface area contributed by atoms with Crippen LogP contribution in [0.25, 0.3) is 10.7 Å². The SMILES string of the molecule is Cc1nc(-c2cc(S(=O)(=O)NCc3cccnc3)c(C)s2)no1. The van der Waals surface area contributed by atoms with Crippen LogP contribution < -0.4 is 4.72 Å². The number of aryl methyl sites for hydroxylation is 2. The normalized spacial score (nSPS) is 11.7. The Bertz CT molecular complexity index is 917. The molecule has 7 nitrogen and oxygen atoms in total. The largest absolute Gasteiger partial charge is 0.339 e. The van der Waals surface area contributed by atoms with Crippen LogP contribution in [-0.2, 0) is 16.6 Å². The van der Waals surface area contributed by atoms with E-state index in [4.69, 9.17) is 4.52 Å². The van der Waals surface area contributed by atoms with E-state index in [-0.39, 0.29) is 11.4 Å². The van der Waals surface area contributed by atoms with Crippen LogP contribution in [-0.4, -0.2) is 23.5 Å². The number of nitrogens with one attached hydrogen (secondary N) is 1. The van der Waals surface area contributed by atoms with Crippen molar-refractivity contribution in [1.82, 2.24) is 19.8 Å². The maximum atomic E-state index is 12.5. The molecule has 0 aromatic carbocycles. The van der Waals surface area contributed by atoms with Crippen molar-refractivity contribution >= 4 is 21.4 Å². The first-order valence-electron chi connectivity index (χ1n) is 6.75. The zero-order valence-corrected chi connectivity index (χ0v) is 14.1. The molecule has 120 valence electrons. The smallest absolute Gasteiger partial charge is 0.241 e. The maximum Gasteiger partial charge on any atom is 0.241 e. The van der Waals surface area contributed by atoms with Gasteiger partial charge in [-0.2, -0.15) is 4.98 Å². The lowest BCUT2D eigenvalue weighted by Crippen LogP contribution is -2.23. The standard InChI is InChI=1S/C14H14N4O3S2/c1-9-13(6-12(22-9)14-17-10(2)21-18-14)23(19,20)16-8-11-4-3-5-15-7-11/h3-7,16H,8H2,1-2H3. The van der Waals surface area contributed by atoms with Gasteiger partial charge in [0.1, 0.15) is 0 Å². The number of hydrogen-bond acceptors (Lipinski definition) is 7. The van der Waals surface area contributed by atoms with Crippen molar-refractivity contribution in [2.75, 3.05) is 0 Å². The van der Waals surface area contributed by atoms with Crippen LogP contribution in [0.15, 0.2) is 40.0 Å². The van der Waals surface area contributed by atoms with E-state index in [9.17, 15) is 8.42 Å². The quantitative estimate of drug-likeness (QED) is 0.758. The molecule has 0 radical (unpaired) electrons. The van der Waals surface area contributed by atoms with Crippen molar-refractivity contribution in [3.8, 4) is 10.7 Å². The van der Waals surface area contributed by atoms with E-state index in [0.29, 0.717) is 21.5 Å². The number of sulfonamides is 1. The Morgan fingerprint density at radius 3 is 2.83 bits per heavy atom. The van der Waals surface area contributed by atoms with Crippen molar-refractivity contribution in [2.24, 2.45) is 0 Å². The van der Waals surface area contributed by atoms with Gasteiger partial charge in [-0.15, -0.1) is 11.3 Å². The summed E-state index contributed by atoms with van der Waals surface area (Å²) in [4.78, 5) is 9.63. The van der Waals surface area contributed by atoms with Gasteiger partial charge in [-0.3, -0.25) is 4.98 Å². The van der Waals surface area contributed by atoms with Crippen LogP contribution in [0.4, 0.5) is 0 Å². The second kappa shape index (κ2) is 6.19. The summed E-state index contributed by atoms with van der Waals surface area (Å²) in [5.41, 5.74) is 0.790. The molecule has 1 N–H and O–H groups in total. The number of rotatable bonds is 5. The van der Waals surface area contributed by atoms with Gasteiger partial charge in [-0.25, -0.2) is 13.1 Å². The van der Waals surface area contributed by atoms with E-state index >= 15 is 0 Å². The zero-order valence-electron chi connectivity index (χ0n) is 12.5. The molecule has 3 aromatic rings. The monoisotopic (exact) mass is 350 g/mol. The van der Waals surface area contributed by atoms with Crippen LogP contribution in [0.1, 0.15) is 16.3 Å². The van der Waals surface area contributed by atoms with Gasteiger partial charge in [-0.05, 0) is 24.6 Å². The summed E-state index contributed by atoms with van der Waals surface area (Å²) in [5, 5.41) is 3.82. The van der Waals surface area contributed by atoms with Crippen LogP contribution >= 0.6 is 11.3 Å². The summed E-state index contributed by atoms with van der Waals surface area (Å²) in [7, 11) is -3.62. The Kier molecular flexibility index (Phi) is 4.24. The molecular weight excluding hydrogens is 336 g/mol. The van der Waals surface area contributed by atoms with Crippen molar-refractivity contribution in [1.29, 1.82) is 0 Å². The summed E-state index contributed by atoms with van der Waals surface area (Å²) in [6, 6.07) is 5.13. The predicted molar refractivity (Wildman–Crippen MR) is 85.3 cm³/mol. The lowest BCUT2D eigenvalue weighted by atomic mass is 10.3. The van der Waals surface area contributed by atoms with Gasteiger partial charge in [0, 0.05) is 30.7 Å². The lowest BCUT2D eigenvalue weighted by Gasteiger charge is -2.05. The summed E-state index contributed by atoms with van der Waals surface area (Å²) >= 11 is 1.31. The highest BCUT2D eigenvalue weighted by molar-refractivity contribution is 7.89. The average molecular weight is 350 g/mol. The first kappa shape index (κ1) is 15.8. The molecule has 0 aliphatic rings. The van der Waals surface area contributed by atoms with Gasteiger partial charge in [0.05, 0.1) is 9.77 Å². The predicted octanol–water partition coefficient (Wildman–Crippen LogP) is 2.29. The van der Waals surface area contributed by atoms with Gasteiger partial charge in [0.2, 0.25) is 21.7 Å². The molecule has 0 spiro atoms. The lowest BCUT2D eigenvalue weighted by molar-refractivity contribution is 0.394. The summed E-state index contributed by atoms with van der Waals surface area (Å²) in [5.74, 6) is 0.828. The highest BCUT2D eigenvalue weighted by atomic mass is 32.2. The van der Waals surface area contributed by atoms with E-state index in [2.05, 4.69) is 19.8 Å². The average Bonchev–Trinajstić information content (AvgIpc) is 3.13. The minimum atomic E-state index is -3.62. The Hall–Kier alpha value is -2.10. The van der Waals surface area contributed by atoms with Gasteiger partial charge in [-0.1, -0.05) is 11.2 Å². The number of pyridine rings is 1. The van der Waals surface area contributed by atoms with Gasteiger partial charge < -0.3 is 4.52 Å². The Balaban J connectivity index is 1.84. The molecule has 0 atom stereocenters. The van der Waals surface area contributed by atoms with Gasteiger partial charge in [0.15, 0.2) is 0 Å². The summed E-state index contributed by atoms with van der Waals surface area (Å²) in [6.45, 7) is 3.62. The highest BCUT2D eigenvalue weighted by Gasteiger charge is 2.21. The molecule has 0 amide bonds. The third-order valence-electron chi connectivity index (χ3n) is 3.10. The minimum Gasteiger partial charge on any atom is -0.339 e. The van der Waals surface area contributed by atoms with Crippen molar-refractivity contribution in [3.05, 3.63) is 46.9 Å². The van der Waals surface area contributed by atoms with Crippen molar-refractivity contribution < 1.29 is 12.9 Å². The molecule has 3 heterocycles. The zero-order chi connectivity index (χ0) is 16.4.